The number of ether oxygens (including phenoxy) is 1. The normalized spacial score (nSPS) is 14.1. The standard InChI is InChI=1S/C61H115N2O7P/c1-7-10-13-16-19-22-25-28-29-30-31-32-33-36-39-42-45-48-51-54-61(65)70-59(52-49-46-43-40-37-34-26-23-20-17-14-11-8-2)58(57-69-71(66,67)68-56-55-63(4,5)6)62-60(64)53-50-47-44-41-38-35-27-24-21-18-15-12-9-3/h19,22,28-29,31-32,49,52,58-59H,7-18,20-21,23-27,30,33-48,50-51,53-57H2,1-6H3,(H-,62,64,66,67)/b22-19-,29-28-,32-31-,52-49+. The number of hydrogen-bond acceptors (Lipinski definition) is 7. The molecular formula is C61H115N2O7P. The number of nitrogens with zero attached hydrogens (tertiary/aromatic N) is 1. The third-order valence-electron chi connectivity index (χ3n) is 13.3. The molecule has 3 unspecified atom stereocenters. The lowest BCUT2D eigenvalue weighted by molar-refractivity contribution is -0.870. The smallest absolute Gasteiger partial charge is 0.306 e. The quantitative estimate of drug-likeness (QED) is 0.0212. The second-order valence-corrected chi connectivity index (χ2v) is 22.9. The maximum Gasteiger partial charge on any atom is 0.306 e. The molecule has 0 aromatic carbocycles. The fourth-order valence-corrected chi connectivity index (χ4v) is 9.31. The van der Waals surface area contributed by atoms with Gasteiger partial charge in [-0.05, 0) is 70.3 Å². The number of rotatable bonds is 54. The van der Waals surface area contributed by atoms with E-state index in [1.165, 1.54) is 161 Å². The Morgan fingerprint density at radius 1 is 0.493 bits per heavy atom. The third kappa shape index (κ3) is 52.6. The predicted molar refractivity (Wildman–Crippen MR) is 302 cm³/mol. The van der Waals surface area contributed by atoms with E-state index in [1.807, 2.05) is 33.3 Å². The van der Waals surface area contributed by atoms with Crippen LogP contribution < -0.4 is 10.2 Å². The highest BCUT2D eigenvalue weighted by Crippen LogP contribution is 2.38. The molecule has 0 rings (SSSR count). The van der Waals surface area contributed by atoms with Crippen LogP contribution in [0.4, 0.5) is 0 Å². The van der Waals surface area contributed by atoms with Crippen LogP contribution in [0.3, 0.4) is 0 Å². The van der Waals surface area contributed by atoms with E-state index in [4.69, 9.17) is 13.8 Å². The summed E-state index contributed by atoms with van der Waals surface area (Å²) in [6.45, 7) is 6.82. The number of amides is 1. The van der Waals surface area contributed by atoms with Crippen LogP contribution in [0, 0.1) is 0 Å². The largest absolute Gasteiger partial charge is 0.756 e. The van der Waals surface area contributed by atoms with Gasteiger partial charge in [-0.3, -0.25) is 14.2 Å². The summed E-state index contributed by atoms with van der Waals surface area (Å²) in [7, 11) is 1.18. The van der Waals surface area contributed by atoms with Gasteiger partial charge in [-0.1, -0.05) is 243 Å². The second-order valence-electron chi connectivity index (χ2n) is 21.5. The number of esters is 1. The van der Waals surface area contributed by atoms with E-state index >= 15 is 0 Å². The van der Waals surface area contributed by atoms with E-state index < -0.39 is 20.0 Å². The van der Waals surface area contributed by atoms with Crippen molar-refractivity contribution >= 4 is 19.7 Å². The Morgan fingerprint density at radius 2 is 0.859 bits per heavy atom. The number of nitrogens with one attached hydrogen (secondary N) is 1. The molecule has 0 aromatic heterocycles. The van der Waals surface area contributed by atoms with Gasteiger partial charge in [-0.15, -0.1) is 0 Å². The van der Waals surface area contributed by atoms with Crippen molar-refractivity contribution in [1.29, 1.82) is 0 Å². The molecule has 71 heavy (non-hydrogen) atoms. The van der Waals surface area contributed by atoms with Crippen molar-refractivity contribution in [2.75, 3.05) is 40.9 Å². The Bertz CT molecular complexity index is 1360. The summed E-state index contributed by atoms with van der Waals surface area (Å²) in [5, 5.41) is 3.02. The van der Waals surface area contributed by atoms with Crippen molar-refractivity contribution in [2.24, 2.45) is 0 Å². The Labute approximate surface area is 439 Å². The van der Waals surface area contributed by atoms with E-state index in [9.17, 15) is 19.0 Å². The molecule has 0 saturated carbocycles. The topological polar surface area (TPSA) is 114 Å². The zero-order valence-electron chi connectivity index (χ0n) is 47.4. The number of quaternary nitrogens is 1. The molecule has 0 aliphatic carbocycles. The molecule has 0 aromatic rings. The first-order valence-electron chi connectivity index (χ1n) is 29.9. The minimum Gasteiger partial charge on any atom is -0.756 e. The maximum absolute atomic E-state index is 13.5. The number of phosphoric acid groups is 1. The van der Waals surface area contributed by atoms with Crippen molar-refractivity contribution in [3.05, 3.63) is 48.6 Å². The van der Waals surface area contributed by atoms with Gasteiger partial charge in [0.05, 0.1) is 33.8 Å². The predicted octanol–water partition coefficient (Wildman–Crippen LogP) is 17.5. The monoisotopic (exact) mass is 1020 g/mol. The number of likely N-dealkylation sites (N-methyl/N-ethyl adjacent to an activating group) is 1. The number of hydrogen-bond donors (Lipinski definition) is 1. The van der Waals surface area contributed by atoms with Gasteiger partial charge in [0.1, 0.15) is 19.3 Å². The zero-order valence-corrected chi connectivity index (χ0v) is 48.3. The Kier molecular flexibility index (Phi) is 50.0. The number of carbonyl (C=O) groups excluding carboxylic acids is 2. The number of phosphoric ester groups is 1. The van der Waals surface area contributed by atoms with Gasteiger partial charge in [-0.2, -0.15) is 0 Å². The van der Waals surface area contributed by atoms with Crippen molar-refractivity contribution in [3.8, 4) is 0 Å². The lowest BCUT2D eigenvalue weighted by Crippen LogP contribution is -2.47. The number of carbonyl (C=O) groups is 2. The Morgan fingerprint density at radius 3 is 1.31 bits per heavy atom. The van der Waals surface area contributed by atoms with E-state index in [0.29, 0.717) is 17.4 Å². The maximum atomic E-state index is 13.5. The minimum atomic E-state index is -4.70. The molecule has 0 radical (unpaired) electrons. The average molecular weight is 1020 g/mol. The van der Waals surface area contributed by atoms with Gasteiger partial charge in [0, 0.05) is 12.8 Å². The lowest BCUT2D eigenvalue weighted by atomic mass is 10.0. The fraction of sp³-hybridized carbons (Fsp3) is 0.836. The van der Waals surface area contributed by atoms with Gasteiger partial charge in [0.2, 0.25) is 5.91 Å². The fourth-order valence-electron chi connectivity index (χ4n) is 8.59. The van der Waals surface area contributed by atoms with E-state index in [0.717, 1.165) is 83.5 Å². The van der Waals surface area contributed by atoms with Crippen LogP contribution in [-0.2, 0) is 27.9 Å². The van der Waals surface area contributed by atoms with Gasteiger partial charge in [0.15, 0.2) is 0 Å². The van der Waals surface area contributed by atoms with Crippen LogP contribution in [0.25, 0.3) is 0 Å². The van der Waals surface area contributed by atoms with Crippen LogP contribution in [-0.4, -0.2) is 69.4 Å². The first-order chi connectivity index (χ1) is 34.4. The second kappa shape index (κ2) is 51.5. The molecule has 3 atom stereocenters. The first kappa shape index (κ1) is 69.0. The molecule has 0 heterocycles. The number of unbranched alkanes of at least 4 members (excludes halogenated alkanes) is 32. The molecule has 0 fully saturated rings. The first-order valence-corrected chi connectivity index (χ1v) is 31.4. The van der Waals surface area contributed by atoms with Crippen LogP contribution in [0.5, 0.6) is 0 Å². The Hall–Kier alpha value is -2.03. The van der Waals surface area contributed by atoms with Crippen molar-refractivity contribution in [3.63, 3.8) is 0 Å². The molecule has 9 nitrogen and oxygen atoms in total. The van der Waals surface area contributed by atoms with Crippen LogP contribution in [0.15, 0.2) is 48.6 Å². The van der Waals surface area contributed by atoms with E-state index in [1.54, 1.807) is 0 Å². The lowest BCUT2D eigenvalue weighted by Gasteiger charge is -2.30. The third-order valence-corrected chi connectivity index (χ3v) is 14.2. The van der Waals surface area contributed by atoms with Gasteiger partial charge in [-0.25, -0.2) is 0 Å². The molecular weight excluding hydrogens is 904 g/mol. The van der Waals surface area contributed by atoms with Crippen LogP contribution >= 0.6 is 7.82 Å². The summed E-state index contributed by atoms with van der Waals surface area (Å²) in [5.41, 5.74) is 0. The van der Waals surface area contributed by atoms with Gasteiger partial charge >= 0.3 is 5.97 Å². The molecule has 0 bridgehead atoms. The average Bonchev–Trinajstić information content (AvgIpc) is 3.33. The highest BCUT2D eigenvalue weighted by Gasteiger charge is 2.27. The summed E-state index contributed by atoms with van der Waals surface area (Å²) in [6, 6.07) is -0.890. The highest BCUT2D eigenvalue weighted by atomic mass is 31.2. The molecule has 10 heteroatoms. The molecule has 416 valence electrons. The van der Waals surface area contributed by atoms with Gasteiger partial charge < -0.3 is 28.5 Å². The number of allylic oxidation sites excluding steroid dienone is 7. The van der Waals surface area contributed by atoms with Crippen molar-refractivity contribution in [1.82, 2.24) is 5.32 Å². The summed E-state index contributed by atoms with van der Waals surface area (Å²) in [6.07, 6.45) is 62.1. The van der Waals surface area contributed by atoms with Crippen LogP contribution in [0.2, 0.25) is 0 Å². The van der Waals surface area contributed by atoms with Crippen LogP contribution in [0.1, 0.15) is 278 Å². The Balaban J connectivity index is 5.33. The molecule has 1 amide bonds. The minimum absolute atomic E-state index is 0.0236. The molecule has 1 N–H and O–H groups in total. The van der Waals surface area contributed by atoms with Crippen molar-refractivity contribution in [2.45, 2.75) is 290 Å². The highest BCUT2D eigenvalue weighted by molar-refractivity contribution is 7.45. The molecule has 0 aliphatic heterocycles. The molecule has 0 saturated heterocycles. The summed E-state index contributed by atoms with van der Waals surface area (Å²) < 4.78 is 30.3. The van der Waals surface area contributed by atoms with E-state index in [2.05, 4.69) is 62.5 Å². The molecule has 0 aliphatic rings. The van der Waals surface area contributed by atoms with E-state index in [-0.39, 0.29) is 31.5 Å². The SMILES string of the molecule is CCCCC/C=C\C/C=C\C/C=C\CCCCCCCCC(=O)OC(/C=C/CCCCCCCCCCCCC)C(COP(=O)([O-])OCC[N+](C)(C)C)NC(=O)CCCCCCCCCCCCCCC. The summed E-state index contributed by atoms with van der Waals surface area (Å²) in [5.74, 6) is -0.547. The zero-order chi connectivity index (χ0) is 52.2. The molecule has 0 spiro atoms. The summed E-state index contributed by atoms with van der Waals surface area (Å²) in [4.78, 5) is 39.9. The van der Waals surface area contributed by atoms with Crippen molar-refractivity contribution < 1.29 is 37.3 Å². The van der Waals surface area contributed by atoms with Gasteiger partial charge in [0.25, 0.3) is 7.82 Å². The summed E-state index contributed by atoms with van der Waals surface area (Å²) >= 11 is 0.